The maximum atomic E-state index is 13.8. The van der Waals surface area contributed by atoms with E-state index in [1.165, 1.54) is 4.90 Å². The van der Waals surface area contributed by atoms with Crippen LogP contribution < -0.4 is 20.4 Å². The highest BCUT2D eigenvalue weighted by atomic mass is 16.2. The van der Waals surface area contributed by atoms with Crippen LogP contribution in [0.4, 0.5) is 21.9 Å². The first-order valence-electron chi connectivity index (χ1n) is 11.9. The first-order valence-corrected chi connectivity index (χ1v) is 11.9. The minimum Gasteiger partial charge on any atom is -0.378 e. The second-order valence-electron chi connectivity index (χ2n) is 9.98. The Balaban J connectivity index is 1.71. The number of rotatable bonds is 6. The molecule has 2 heterocycles. The number of nitrogens with zero attached hydrogens (tertiary/aromatic N) is 4. The molecule has 1 aliphatic rings. The third-order valence-corrected chi connectivity index (χ3v) is 5.96. The summed E-state index contributed by atoms with van der Waals surface area (Å²) in [4.78, 5) is 55.1. The number of hydrogen-bond donors (Lipinski definition) is 3. The van der Waals surface area contributed by atoms with E-state index in [1.54, 1.807) is 51.4 Å². The zero-order chi connectivity index (χ0) is 26.7. The molecule has 1 unspecified atom stereocenters. The number of anilines is 3. The zero-order valence-electron chi connectivity index (χ0n) is 21.6. The molecule has 10 nitrogen and oxygen atoms in total. The highest BCUT2D eigenvalue weighted by molar-refractivity contribution is 6.19. The van der Waals surface area contributed by atoms with Crippen molar-refractivity contribution in [1.82, 2.24) is 15.3 Å². The lowest BCUT2D eigenvalue weighted by Gasteiger charge is -2.28. The average molecular weight is 502 g/mol. The Morgan fingerprint density at radius 1 is 1.11 bits per heavy atom. The van der Waals surface area contributed by atoms with E-state index in [-0.39, 0.29) is 12.3 Å². The highest BCUT2D eigenvalue weighted by Crippen LogP contribution is 2.29. The van der Waals surface area contributed by atoms with Crippen LogP contribution in [0.1, 0.15) is 32.2 Å². The summed E-state index contributed by atoms with van der Waals surface area (Å²) in [5, 5.41) is 5.45. The SMILES string of the molecule is CN(C)c1cccc(NC(=O)NC2N=C(c3ncc[nH]3)c3ccccc3N(CC(=O)C(C)(C)C)C2=O)c1. The number of amides is 3. The van der Waals surface area contributed by atoms with Crippen molar-refractivity contribution in [2.45, 2.75) is 26.9 Å². The molecule has 37 heavy (non-hydrogen) atoms. The molecule has 2 aromatic carbocycles. The van der Waals surface area contributed by atoms with Gasteiger partial charge >= 0.3 is 6.03 Å². The lowest BCUT2D eigenvalue weighted by Crippen LogP contribution is -2.50. The Hall–Kier alpha value is -4.47. The standard InChI is InChI=1S/C27H31N7O3/c1-27(2,3)21(35)16-34-20-12-7-6-11-19(20)22(23-28-13-14-29-23)31-24(25(34)36)32-26(37)30-17-9-8-10-18(15-17)33(4)5/h6-15,24H,16H2,1-5H3,(H,28,29)(H2,30,32,37). The number of carbonyl (C=O) groups is 3. The van der Waals surface area contributed by atoms with E-state index in [9.17, 15) is 14.4 Å². The molecule has 1 aliphatic heterocycles. The van der Waals surface area contributed by atoms with Crippen LogP contribution in [0, 0.1) is 5.41 Å². The third-order valence-electron chi connectivity index (χ3n) is 5.96. The molecule has 192 valence electrons. The maximum absolute atomic E-state index is 13.8. The number of aliphatic imine (C=N–C) groups is 1. The predicted octanol–water partition coefficient (Wildman–Crippen LogP) is 3.42. The number of carbonyl (C=O) groups excluding carboxylic acids is 3. The fourth-order valence-electron chi connectivity index (χ4n) is 3.80. The number of aromatic nitrogens is 2. The summed E-state index contributed by atoms with van der Waals surface area (Å²) >= 11 is 0. The number of fused-ring (bicyclic) bond motifs is 1. The molecule has 1 aromatic heterocycles. The zero-order valence-corrected chi connectivity index (χ0v) is 21.6. The summed E-state index contributed by atoms with van der Waals surface area (Å²) in [6.45, 7) is 5.25. The number of benzene rings is 2. The number of benzodiazepines with no additional fused rings is 1. The van der Waals surface area contributed by atoms with Crippen LogP contribution in [-0.2, 0) is 9.59 Å². The van der Waals surface area contributed by atoms with Crippen LogP contribution in [0.25, 0.3) is 0 Å². The Kier molecular flexibility index (Phi) is 7.10. The van der Waals surface area contributed by atoms with Crippen LogP contribution >= 0.6 is 0 Å². The number of nitrogens with one attached hydrogen (secondary N) is 3. The van der Waals surface area contributed by atoms with Gasteiger partial charge in [-0.05, 0) is 24.3 Å². The highest BCUT2D eigenvalue weighted by Gasteiger charge is 2.36. The van der Waals surface area contributed by atoms with Crippen LogP contribution in [0.3, 0.4) is 0 Å². The molecule has 1 atom stereocenters. The van der Waals surface area contributed by atoms with Crippen LogP contribution in [0.2, 0.25) is 0 Å². The van der Waals surface area contributed by atoms with E-state index in [0.717, 1.165) is 5.69 Å². The van der Waals surface area contributed by atoms with Gasteiger partial charge in [0, 0.05) is 48.8 Å². The van der Waals surface area contributed by atoms with Gasteiger partial charge in [-0.2, -0.15) is 0 Å². The topological polar surface area (TPSA) is 123 Å². The molecule has 4 rings (SSSR count). The fourth-order valence-corrected chi connectivity index (χ4v) is 3.80. The van der Waals surface area contributed by atoms with Crippen molar-refractivity contribution in [2.75, 3.05) is 35.8 Å². The quantitative estimate of drug-likeness (QED) is 0.478. The summed E-state index contributed by atoms with van der Waals surface area (Å²) < 4.78 is 0. The van der Waals surface area contributed by atoms with Gasteiger partial charge in [-0.1, -0.05) is 45.0 Å². The van der Waals surface area contributed by atoms with E-state index in [4.69, 9.17) is 0 Å². The Bertz CT molecular complexity index is 1340. The van der Waals surface area contributed by atoms with Gasteiger partial charge in [0.1, 0.15) is 5.71 Å². The van der Waals surface area contributed by atoms with Gasteiger partial charge in [0.05, 0.1) is 12.2 Å². The van der Waals surface area contributed by atoms with Gasteiger partial charge < -0.3 is 25.4 Å². The number of Topliss-reactive ketones (excluding diaryl/α,β-unsaturated/α-hetero) is 1. The lowest BCUT2D eigenvalue weighted by atomic mass is 9.90. The smallest absolute Gasteiger partial charge is 0.321 e. The average Bonchev–Trinajstić information content (AvgIpc) is 3.35. The van der Waals surface area contributed by atoms with E-state index in [1.807, 2.05) is 49.3 Å². The van der Waals surface area contributed by atoms with Gasteiger partial charge in [-0.3, -0.25) is 9.59 Å². The molecule has 0 radical (unpaired) electrons. The number of para-hydroxylation sites is 1. The van der Waals surface area contributed by atoms with E-state index in [2.05, 4.69) is 25.6 Å². The van der Waals surface area contributed by atoms with Gasteiger partial charge in [-0.25, -0.2) is 14.8 Å². The number of aromatic amines is 1. The molecule has 0 fully saturated rings. The second-order valence-corrected chi connectivity index (χ2v) is 9.98. The third kappa shape index (κ3) is 5.69. The predicted molar refractivity (Wildman–Crippen MR) is 144 cm³/mol. The molecule has 10 heteroatoms. The molecule has 3 N–H and O–H groups in total. The van der Waals surface area contributed by atoms with Crippen molar-refractivity contribution in [1.29, 1.82) is 0 Å². The molecule has 3 amide bonds. The summed E-state index contributed by atoms with van der Waals surface area (Å²) in [5.41, 5.74) is 2.34. The first-order chi connectivity index (χ1) is 17.5. The largest absolute Gasteiger partial charge is 0.378 e. The minimum atomic E-state index is -1.29. The van der Waals surface area contributed by atoms with Crippen LogP contribution in [0.15, 0.2) is 65.9 Å². The van der Waals surface area contributed by atoms with Crippen molar-refractivity contribution in [3.8, 4) is 0 Å². The molecule has 0 aliphatic carbocycles. The summed E-state index contributed by atoms with van der Waals surface area (Å²) in [6, 6.07) is 13.9. The van der Waals surface area contributed by atoms with Crippen LogP contribution in [0.5, 0.6) is 0 Å². The molecule has 3 aromatic rings. The number of imidazole rings is 1. The monoisotopic (exact) mass is 501 g/mol. The number of H-pyrrole nitrogens is 1. The normalized spacial score (nSPS) is 15.4. The van der Waals surface area contributed by atoms with Crippen molar-refractivity contribution in [2.24, 2.45) is 10.4 Å². The molecule has 0 saturated heterocycles. The van der Waals surface area contributed by atoms with Gasteiger partial charge in [0.25, 0.3) is 5.91 Å². The van der Waals surface area contributed by atoms with E-state index < -0.39 is 23.5 Å². The number of hydrogen-bond acceptors (Lipinski definition) is 6. The van der Waals surface area contributed by atoms with Gasteiger partial charge in [0.15, 0.2) is 11.6 Å². The molecule has 0 bridgehead atoms. The summed E-state index contributed by atoms with van der Waals surface area (Å²) in [6.07, 6.45) is 1.94. The van der Waals surface area contributed by atoms with Crippen molar-refractivity contribution in [3.63, 3.8) is 0 Å². The van der Waals surface area contributed by atoms with Crippen LogP contribution in [-0.4, -0.2) is 60.2 Å². The number of ketones is 1. The van der Waals surface area contributed by atoms with Crippen molar-refractivity contribution in [3.05, 3.63) is 72.3 Å². The second kappa shape index (κ2) is 10.3. The maximum Gasteiger partial charge on any atom is 0.321 e. The van der Waals surface area contributed by atoms with Crippen molar-refractivity contribution < 1.29 is 14.4 Å². The molecule has 0 spiro atoms. The molecule has 0 saturated carbocycles. The van der Waals surface area contributed by atoms with E-state index >= 15 is 0 Å². The minimum absolute atomic E-state index is 0.124. The number of urea groups is 1. The van der Waals surface area contributed by atoms with Gasteiger partial charge in [-0.15, -0.1) is 0 Å². The van der Waals surface area contributed by atoms with Crippen molar-refractivity contribution >= 4 is 40.5 Å². The first kappa shape index (κ1) is 25.6. The summed E-state index contributed by atoms with van der Waals surface area (Å²) in [7, 11) is 3.80. The molecular formula is C27H31N7O3. The van der Waals surface area contributed by atoms with Gasteiger partial charge in [0.2, 0.25) is 6.17 Å². The Morgan fingerprint density at radius 2 is 1.86 bits per heavy atom. The fraction of sp³-hybridized carbons (Fsp3) is 0.296. The lowest BCUT2D eigenvalue weighted by molar-refractivity contribution is -0.127. The molecular weight excluding hydrogens is 470 g/mol. The Morgan fingerprint density at radius 3 is 2.54 bits per heavy atom. The summed E-state index contributed by atoms with van der Waals surface area (Å²) in [5.74, 6) is -0.209. The Labute approximate surface area is 215 Å². The van der Waals surface area contributed by atoms with E-state index in [0.29, 0.717) is 28.5 Å².